The lowest BCUT2D eigenvalue weighted by Crippen LogP contribution is -1.80. The van der Waals surface area contributed by atoms with E-state index in [1.807, 2.05) is 18.2 Å². The van der Waals surface area contributed by atoms with Gasteiger partial charge in [0.2, 0.25) is 0 Å². The highest BCUT2D eigenvalue weighted by molar-refractivity contribution is 5.16. The largest absolute Gasteiger partial charge is 0.392 e. The molecule has 0 aromatic rings. The molecule has 0 aromatic heterocycles. The summed E-state index contributed by atoms with van der Waals surface area (Å²) in [5, 5.41) is 8.59. The van der Waals surface area contributed by atoms with E-state index in [2.05, 4.69) is 45.9 Å². The van der Waals surface area contributed by atoms with Crippen molar-refractivity contribution < 1.29 is 5.11 Å². The molecule has 0 fully saturated rings. The van der Waals surface area contributed by atoms with Crippen LogP contribution < -0.4 is 0 Å². The van der Waals surface area contributed by atoms with Gasteiger partial charge in [0.15, 0.2) is 0 Å². The van der Waals surface area contributed by atoms with Gasteiger partial charge in [-0.05, 0) is 53.4 Å². The van der Waals surface area contributed by atoms with Crippen LogP contribution in [0.1, 0.15) is 53.4 Å². The summed E-state index contributed by atoms with van der Waals surface area (Å²) in [5.41, 5.74) is 4.27. The SMILES string of the molecule is CC(C)=CCC/C(C)=C/CC/C(C)=C/C=C/C=C\CO. The molecule has 0 unspecified atom stereocenters. The molecule has 0 aliphatic heterocycles. The number of rotatable bonds is 9. The second-order valence-electron chi connectivity index (χ2n) is 5.42. The Hall–Kier alpha value is -1.34. The van der Waals surface area contributed by atoms with E-state index >= 15 is 0 Å². The quantitative estimate of drug-likeness (QED) is 0.434. The first-order valence-corrected chi connectivity index (χ1v) is 7.45. The van der Waals surface area contributed by atoms with Crippen molar-refractivity contribution in [3.05, 3.63) is 59.3 Å². The second kappa shape index (κ2) is 12.7. The predicted octanol–water partition coefficient (Wildman–Crippen LogP) is 5.51. The molecule has 1 nitrogen and oxygen atoms in total. The van der Waals surface area contributed by atoms with Gasteiger partial charge in [0.05, 0.1) is 6.61 Å². The Bertz CT molecular complexity index is 388. The van der Waals surface area contributed by atoms with Gasteiger partial charge >= 0.3 is 0 Å². The smallest absolute Gasteiger partial charge is 0.0615 e. The molecule has 0 heterocycles. The van der Waals surface area contributed by atoms with Crippen molar-refractivity contribution in [1.82, 2.24) is 0 Å². The van der Waals surface area contributed by atoms with E-state index in [1.165, 1.54) is 23.1 Å². The molecule has 0 saturated carbocycles. The van der Waals surface area contributed by atoms with Crippen LogP contribution in [-0.4, -0.2) is 11.7 Å². The zero-order valence-electron chi connectivity index (χ0n) is 13.5. The van der Waals surface area contributed by atoms with E-state index in [0.717, 1.165) is 19.3 Å². The highest BCUT2D eigenvalue weighted by Crippen LogP contribution is 2.11. The molecule has 0 saturated heterocycles. The third kappa shape index (κ3) is 13.1. The monoisotopic (exact) mass is 274 g/mol. The van der Waals surface area contributed by atoms with Crippen molar-refractivity contribution in [2.24, 2.45) is 0 Å². The molecule has 0 spiro atoms. The van der Waals surface area contributed by atoms with Crippen LogP contribution in [0.3, 0.4) is 0 Å². The highest BCUT2D eigenvalue weighted by Gasteiger charge is 1.91. The number of hydrogen-bond acceptors (Lipinski definition) is 1. The maximum atomic E-state index is 8.59. The fourth-order valence-corrected chi connectivity index (χ4v) is 1.74. The summed E-state index contributed by atoms with van der Waals surface area (Å²) < 4.78 is 0. The Kier molecular flexibility index (Phi) is 11.8. The van der Waals surface area contributed by atoms with Gasteiger partial charge in [-0.3, -0.25) is 0 Å². The zero-order valence-corrected chi connectivity index (χ0v) is 13.5. The third-order valence-corrected chi connectivity index (χ3v) is 2.97. The highest BCUT2D eigenvalue weighted by atomic mass is 16.2. The van der Waals surface area contributed by atoms with Gasteiger partial charge in [0.25, 0.3) is 0 Å². The Balaban J connectivity index is 3.96. The molecule has 20 heavy (non-hydrogen) atoms. The van der Waals surface area contributed by atoms with Gasteiger partial charge < -0.3 is 5.11 Å². The third-order valence-electron chi connectivity index (χ3n) is 2.97. The Morgan fingerprint density at radius 2 is 1.45 bits per heavy atom. The Morgan fingerprint density at radius 3 is 2.10 bits per heavy atom. The summed E-state index contributed by atoms with van der Waals surface area (Å²) in [7, 11) is 0. The first-order valence-electron chi connectivity index (χ1n) is 7.45. The van der Waals surface area contributed by atoms with Crippen molar-refractivity contribution in [2.75, 3.05) is 6.61 Å². The molecule has 1 N–H and O–H groups in total. The zero-order chi connectivity index (χ0) is 15.2. The van der Waals surface area contributed by atoms with Gasteiger partial charge in [0, 0.05) is 0 Å². The number of aliphatic hydroxyl groups is 1. The molecule has 0 rings (SSSR count). The molecule has 0 aliphatic rings. The minimum Gasteiger partial charge on any atom is -0.392 e. The van der Waals surface area contributed by atoms with Crippen LogP contribution in [0, 0.1) is 0 Å². The van der Waals surface area contributed by atoms with E-state index in [1.54, 1.807) is 6.08 Å². The fraction of sp³-hybridized carbons (Fsp3) is 0.474. The second-order valence-corrected chi connectivity index (χ2v) is 5.42. The van der Waals surface area contributed by atoms with Crippen molar-refractivity contribution in [1.29, 1.82) is 0 Å². The molecular formula is C19H30O. The molecule has 112 valence electrons. The normalized spacial score (nSPS) is 13.4. The van der Waals surface area contributed by atoms with E-state index in [4.69, 9.17) is 5.11 Å². The number of hydrogen-bond donors (Lipinski definition) is 1. The van der Waals surface area contributed by atoms with Crippen LogP contribution in [0.4, 0.5) is 0 Å². The van der Waals surface area contributed by atoms with E-state index in [9.17, 15) is 0 Å². The molecule has 0 atom stereocenters. The number of allylic oxidation sites excluding steroid dienone is 9. The lowest BCUT2D eigenvalue weighted by molar-refractivity contribution is 0.343. The van der Waals surface area contributed by atoms with Gasteiger partial charge in [0.1, 0.15) is 0 Å². The Labute approximate surface area is 125 Å². The van der Waals surface area contributed by atoms with Crippen molar-refractivity contribution in [3.8, 4) is 0 Å². The summed E-state index contributed by atoms with van der Waals surface area (Å²) in [6.45, 7) is 8.78. The molecule has 0 radical (unpaired) electrons. The van der Waals surface area contributed by atoms with E-state index in [0.29, 0.717) is 0 Å². The maximum absolute atomic E-state index is 8.59. The minimum atomic E-state index is 0.101. The molecule has 0 amide bonds. The average Bonchev–Trinajstić information content (AvgIpc) is 2.38. The fourth-order valence-electron chi connectivity index (χ4n) is 1.74. The van der Waals surface area contributed by atoms with Gasteiger partial charge in [-0.2, -0.15) is 0 Å². The summed E-state index contributed by atoms with van der Waals surface area (Å²) >= 11 is 0. The van der Waals surface area contributed by atoms with Crippen LogP contribution in [0.5, 0.6) is 0 Å². The standard InChI is InChI=1S/C19H30O/c1-17(2)11-9-13-19(4)15-10-14-18(3)12-7-5-6-8-16-20/h5-8,11-12,15,20H,9-10,13-14,16H2,1-4H3/b7-5+,8-6-,18-12+,19-15+. The lowest BCUT2D eigenvalue weighted by atomic mass is 10.1. The molecule has 0 bridgehead atoms. The van der Waals surface area contributed by atoms with Crippen LogP contribution in [-0.2, 0) is 0 Å². The maximum Gasteiger partial charge on any atom is 0.0615 e. The average molecular weight is 274 g/mol. The first-order chi connectivity index (χ1) is 9.56. The van der Waals surface area contributed by atoms with Crippen molar-refractivity contribution in [3.63, 3.8) is 0 Å². The number of aliphatic hydroxyl groups excluding tert-OH is 1. The first kappa shape index (κ1) is 18.7. The van der Waals surface area contributed by atoms with Crippen LogP contribution in [0.2, 0.25) is 0 Å². The molecule has 1 heteroatoms. The van der Waals surface area contributed by atoms with E-state index < -0.39 is 0 Å². The Morgan fingerprint density at radius 1 is 0.800 bits per heavy atom. The summed E-state index contributed by atoms with van der Waals surface area (Å²) in [6, 6.07) is 0. The lowest BCUT2D eigenvalue weighted by Gasteiger charge is -2.00. The van der Waals surface area contributed by atoms with Crippen molar-refractivity contribution >= 4 is 0 Å². The molecular weight excluding hydrogens is 244 g/mol. The summed E-state index contributed by atoms with van der Waals surface area (Å²) in [5.74, 6) is 0. The summed E-state index contributed by atoms with van der Waals surface area (Å²) in [6.07, 6.45) is 18.9. The van der Waals surface area contributed by atoms with Gasteiger partial charge in [-0.1, -0.05) is 59.3 Å². The summed E-state index contributed by atoms with van der Waals surface area (Å²) in [4.78, 5) is 0. The topological polar surface area (TPSA) is 20.2 Å². The van der Waals surface area contributed by atoms with Gasteiger partial charge in [-0.15, -0.1) is 0 Å². The minimum absolute atomic E-state index is 0.101. The van der Waals surface area contributed by atoms with E-state index in [-0.39, 0.29) is 6.61 Å². The molecule has 0 aromatic carbocycles. The molecule has 0 aliphatic carbocycles. The van der Waals surface area contributed by atoms with Crippen LogP contribution in [0.15, 0.2) is 59.3 Å². The van der Waals surface area contributed by atoms with Crippen LogP contribution >= 0.6 is 0 Å². The van der Waals surface area contributed by atoms with Crippen molar-refractivity contribution in [2.45, 2.75) is 53.4 Å². The van der Waals surface area contributed by atoms with Crippen LogP contribution in [0.25, 0.3) is 0 Å². The van der Waals surface area contributed by atoms with Gasteiger partial charge in [-0.25, -0.2) is 0 Å². The predicted molar refractivity (Wildman–Crippen MR) is 90.8 cm³/mol.